The summed E-state index contributed by atoms with van der Waals surface area (Å²) >= 11 is 6.05. The summed E-state index contributed by atoms with van der Waals surface area (Å²) in [5.41, 5.74) is 2.82. The fourth-order valence-corrected chi connectivity index (χ4v) is 5.47. The average molecular weight is 561 g/mol. The lowest BCUT2D eigenvalue weighted by atomic mass is 9.88. The highest BCUT2D eigenvalue weighted by atomic mass is 35.5. The van der Waals surface area contributed by atoms with Gasteiger partial charge in [0.05, 0.1) is 18.4 Å². The van der Waals surface area contributed by atoms with Crippen LogP contribution in [-0.2, 0) is 17.9 Å². The van der Waals surface area contributed by atoms with Crippen LogP contribution in [0.25, 0.3) is 6.08 Å². The molecule has 0 saturated carbocycles. The number of carboxylic acids is 1. The normalized spacial score (nSPS) is 17.9. The molecule has 2 aromatic heterocycles. The highest BCUT2D eigenvalue weighted by Gasteiger charge is 2.29. The Balaban J connectivity index is 1.12. The summed E-state index contributed by atoms with van der Waals surface area (Å²) in [6.07, 6.45) is 9.36. The van der Waals surface area contributed by atoms with Crippen LogP contribution < -0.4 is 9.47 Å². The largest absolute Gasteiger partial charge is 0.485 e. The molecule has 4 aromatic rings. The van der Waals surface area contributed by atoms with Gasteiger partial charge in [0.25, 0.3) is 0 Å². The minimum Gasteiger partial charge on any atom is -0.485 e. The van der Waals surface area contributed by atoms with Gasteiger partial charge in [-0.3, -0.25) is 4.90 Å². The highest BCUT2D eigenvalue weighted by molar-refractivity contribution is 6.30. The van der Waals surface area contributed by atoms with Crippen molar-refractivity contribution >= 4 is 23.6 Å². The SMILES string of the molecule is O=C(O)/C=C/c1cn(Cc2ncco2)c(CN2CCC(c3cccc4c3OC[C@@H](c3ccc(Cl)cc3)O4)CC2)n1. The third-order valence-corrected chi connectivity index (χ3v) is 7.61. The zero-order chi connectivity index (χ0) is 27.5. The van der Waals surface area contributed by atoms with E-state index in [4.69, 9.17) is 30.6 Å². The molecule has 1 saturated heterocycles. The monoisotopic (exact) mass is 560 g/mol. The second kappa shape index (κ2) is 11.6. The van der Waals surface area contributed by atoms with Gasteiger partial charge in [0, 0.05) is 22.9 Å². The van der Waals surface area contributed by atoms with Gasteiger partial charge in [-0.15, -0.1) is 0 Å². The number of carbonyl (C=O) groups is 1. The van der Waals surface area contributed by atoms with Crippen molar-refractivity contribution in [2.24, 2.45) is 0 Å². The van der Waals surface area contributed by atoms with Crippen LogP contribution in [0.4, 0.5) is 0 Å². The molecule has 0 radical (unpaired) electrons. The smallest absolute Gasteiger partial charge is 0.328 e. The summed E-state index contributed by atoms with van der Waals surface area (Å²) in [5, 5.41) is 9.71. The lowest BCUT2D eigenvalue weighted by Crippen LogP contribution is -2.33. The molecule has 1 N–H and O–H groups in total. The van der Waals surface area contributed by atoms with Gasteiger partial charge < -0.3 is 23.6 Å². The van der Waals surface area contributed by atoms with Crippen LogP contribution in [0, 0.1) is 0 Å². The Kier molecular flexibility index (Phi) is 7.57. The maximum absolute atomic E-state index is 11.0. The number of hydrogen-bond donors (Lipinski definition) is 1. The molecule has 2 aliphatic rings. The summed E-state index contributed by atoms with van der Waals surface area (Å²) in [6.45, 7) is 3.32. The van der Waals surface area contributed by atoms with E-state index in [-0.39, 0.29) is 6.10 Å². The Hall–Kier alpha value is -4.08. The molecule has 4 heterocycles. The van der Waals surface area contributed by atoms with E-state index in [1.807, 2.05) is 47.2 Å². The quantitative estimate of drug-likeness (QED) is 0.279. The number of imidazole rings is 1. The second-order valence-electron chi connectivity index (χ2n) is 10.0. The van der Waals surface area contributed by atoms with Crippen molar-refractivity contribution in [3.63, 3.8) is 0 Å². The Morgan fingerprint density at radius 3 is 2.70 bits per heavy atom. The number of para-hydroxylation sites is 1. The Morgan fingerprint density at radius 1 is 1.12 bits per heavy atom. The molecule has 0 unspecified atom stereocenters. The van der Waals surface area contributed by atoms with E-state index in [1.165, 1.54) is 17.9 Å². The molecule has 0 spiro atoms. The number of benzene rings is 2. The van der Waals surface area contributed by atoms with E-state index < -0.39 is 5.97 Å². The molecule has 0 amide bonds. The third kappa shape index (κ3) is 5.90. The summed E-state index contributed by atoms with van der Waals surface area (Å²) < 4.78 is 20.0. The van der Waals surface area contributed by atoms with Crippen molar-refractivity contribution in [2.75, 3.05) is 19.7 Å². The number of rotatable bonds is 8. The first-order valence-corrected chi connectivity index (χ1v) is 13.7. The van der Waals surface area contributed by atoms with E-state index in [0.29, 0.717) is 42.2 Å². The summed E-state index contributed by atoms with van der Waals surface area (Å²) in [6, 6.07) is 13.8. The number of halogens is 1. The van der Waals surface area contributed by atoms with Crippen LogP contribution in [-0.4, -0.2) is 50.2 Å². The second-order valence-corrected chi connectivity index (χ2v) is 10.4. The van der Waals surface area contributed by atoms with Crippen molar-refractivity contribution in [1.29, 1.82) is 0 Å². The molecule has 206 valence electrons. The average Bonchev–Trinajstić information content (AvgIpc) is 3.62. The number of oxazole rings is 1. The minimum atomic E-state index is -1.01. The molecule has 0 bridgehead atoms. The van der Waals surface area contributed by atoms with Crippen LogP contribution >= 0.6 is 11.6 Å². The van der Waals surface area contributed by atoms with Gasteiger partial charge in [-0.2, -0.15) is 0 Å². The standard InChI is InChI=1S/C30H29ClN4O5/c31-22-6-4-21(5-7-22)26-19-39-30-24(2-1-3-25(30)40-26)20-10-13-34(14-11-20)17-27-33-23(8-9-29(36)37)16-35(27)18-28-32-12-15-38-28/h1-9,12,15-16,20,26H,10-11,13-14,17-19H2,(H,36,37)/b9-8+/t26-/m0/s1. The molecule has 6 rings (SSSR count). The predicted octanol–water partition coefficient (Wildman–Crippen LogP) is 5.56. The third-order valence-electron chi connectivity index (χ3n) is 7.36. The summed E-state index contributed by atoms with van der Waals surface area (Å²) in [4.78, 5) is 22.3. The van der Waals surface area contributed by atoms with Crippen molar-refractivity contribution in [2.45, 2.75) is 38.0 Å². The van der Waals surface area contributed by atoms with Gasteiger partial charge in [-0.1, -0.05) is 35.9 Å². The Morgan fingerprint density at radius 2 is 1.95 bits per heavy atom. The molecule has 2 aliphatic heterocycles. The molecular formula is C30H29ClN4O5. The van der Waals surface area contributed by atoms with Crippen molar-refractivity contribution in [3.8, 4) is 11.5 Å². The van der Waals surface area contributed by atoms with E-state index in [9.17, 15) is 4.79 Å². The number of likely N-dealkylation sites (tertiary alicyclic amines) is 1. The number of fused-ring (bicyclic) bond motifs is 1. The fraction of sp³-hybridized carbons (Fsp3) is 0.300. The van der Waals surface area contributed by atoms with E-state index in [2.05, 4.69) is 20.9 Å². The van der Waals surface area contributed by atoms with E-state index in [0.717, 1.165) is 54.9 Å². The van der Waals surface area contributed by atoms with Gasteiger partial charge in [-0.05, 0) is 61.7 Å². The first kappa shape index (κ1) is 26.2. The summed E-state index contributed by atoms with van der Waals surface area (Å²) in [7, 11) is 0. The number of aromatic nitrogens is 3. The van der Waals surface area contributed by atoms with Crippen LogP contribution in [0.1, 0.15) is 53.4 Å². The van der Waals surface area contributed by atoms with Crippen LogP contribution in [0.5, 0.6) is 11.5 Å². The zero-order valence-corrected chi connectivity index (χ0v) is 22.5. The minimum absolute atomic E-state index is 0.169. The number of nitrogens with zero attached hydrogens (tertiary/aromatic N) is 4. The van der Waals surface area contributed by atoms with Gasteiger partial charge >= 0.3 is 5.97 Å². The molecule has 1 atom stereocenters. The molecule has 2 aromatic carbocycles. The summed E-state index contributed by atoms with van der Waals surface area (Å²) in [5.74, 6) is 2.39. The van der Waals surface area contributed by atoms with Crippen LogP contribution in [0.3, 0.4) is 0 Å². The molecule has 1 fully saturated rings. The number of piperidine rings is 1. The maximum atomic E-state index is 11.0. The first-order valence-electron chi connectivity index (χ1n) is 13.3. The van der Waals surface area contributed by atoms with Gasteiger partial charge in [0.1, 0.15) is 25.2 Å². The number of hydrogen-bond acceptors (Lipinski definition) is 7. The van der Waals surface area contributed by atoms with Crippen molar-refractivity contribution in [3.05, 3.63) is 101 Å². The number of aliphatic carboxylic acids is 1. The molecule has 40 heavy (non-hydrogen) atoms. The van der Waals surface area contributed by atoms with Gasteiger partial charge in [-0.25, -0.2) is 14.8 Å². The highest BCUT2D eigenvalue weighted by Crippen LogP contribution is 2.44. The number of carboxylic acid groups (broad SMARTS) is 1. The molecular weight excluding hydrogens is 532 g/mol. The van der Waals surface area contributed by atoms with Crippen molar-refractivity contribution < 1.29 is 23.8 Å². The zero-order valence-electron chi connectivity index (χ0n) is 21.8. The predicted molar refractivity (Wildman–Crippen MR) is 149 cm³/mol. The number of ether oxygens (including phenoxy) is 2. The van der Waals surface area contributed by atoms with Gasteiger partial charge in [0.2, 0.25) is 5.89 Å². The van der Waals surface area contributed by atoms with Crippen molar-refractivity contribution in [1.82, 2.24) is 19.4 Å². The van der Waals surface area contributed by atoms with E-state index >= 15 is 0 Å². The van der Waals surface area contributed by atoms with Gasteiger partial charge in [0.15, 0.2) is 17.6 Å². The Bertz CT molecular complexity index is 1490. The molecule has 0 aliphatic carbocycles. The lowest BCUT2D eigenvalue weighted by molar-refractivity contribution is -0.131. The Labute approximate surface area is 236 Å². The maximum Gasteiger partial charge on any atom is 0.328 e. The lowest BCUT2D eigenvalue weighted by Gasteiger charge is -2.34. The molecule has 9 nitrogen and oxygen atoms in total. The topological polar surface area (TPSA) is 103 Å². The fourth-order valence-electron chi connectivity index (χ4n) is 5.34. The van der Waals surface area contributed by atoms with Crippen LogP contribution in [0.15, 0.2) is 71.6 Å². The van der Waals surface area contributed by atoms with Crippen LogP contribution in [0.2, 0.25) is 5.02 Å². The first-order chi connectivity index (χ1) is 19.5. The van der Waals surface area contributed by atoms with E-state index in [1.54, 1.807) is 6.20 Å². The molecule has 10 heteroatoms.